The molecule has 0 aliphatic heterocycles. The van der Waals surface area contributed by atoms with Crippen LogP contribution in [0.1, 0.15) is 42.1 Å². The van der Waals surface area contributed by atoms with E-state index < -0.39 is 0 Å². The normalized spacial score (nSPS) is 11.8. The molecule has 0 radical (unpaired) electrons. The van der Waals surface area contributed by atoms with Gasteiger partial charge in [-0.25, -0.2) is 4.79 Å². The molecule has 0 saturated heterocycles. The molecule has 0 aromatic heterocycles. The zero-order chi connectivity index (χ0) is 15.1. The summed E-state index contributed by atoms with van der Waals surface area (Å²) in [6, 6.07) is 5.16. The van der Waals surface area contributed by atoms with Crippen molar-refractivity contribution >= 4 is 17.6 Å². The van der Waals surface area contributed by atoms with Crippen LogP contribution < -0.4 is 11.1 Å². The van der Waals surface area contributed by atoms with Gasteiger partial charge in [0.1, 0.15) is 0 Å². The second kappa shape index (κ2) is 7.65. The monoisotopic (exact) mass is 278 g/mol. The summed E-state index contributed by atoms with van der Waals surface area (Å²) in [5.74, 6) is -0.428. The number of anilines is 1. The number of aryl methyl sites for hydroxylation is 1. The van der Waals surface area contributed by atoms with Crippen molar-refractivity contribution in [1.29, 1.82) is 0 Å². The molecule has 0 spiro atoms. The molecule has 0 saturated carbocycles. The van der Waals surface area contributed by atoms with E-state index in [9.17, 15) is 9.59 Å². The Morgan fingerprint density at radius 1 is 1.40 bits per heavy atom. The first-order valence-corrected chi connectivity index (χ1v) is 6.68. The molecule has 5 nitrogen and oxygen atoms in total. The minimum absolute atomic E-state index is 0.0421. The van der Waals surface area contributed by atoms with Gasteiger partial charge in [0.05, 0.1) is 12.7 Å². The Balaban J connectivity index is 2.60. The van der Waals surface area contributed by atoms with Gasteiger partial charge in [0.2, 0.25) is 5.91 Å². The fraction of sp³-hybridized carbons (Fsp3) is 0.467. The SMILES string of the molecule is COC(=O)c1ccc(NC(=O)CCCC(C)N)c(C)c1. The fourth-order valence-electron chi connectivity index (χ4n) is 1.85. The number of hydrogen-bond acceptors (Lipinski definition) is 4. The Bertz CT molecular complexity index is 484. The summed E-state index contributed by atoms with van der Waals surface area (Å²) in [5.41, 5.74) is 7.65. The van der Waals surface area contributed by atoms with E-state index in [4.69, 9.17) is 5.73 Å². The van der Waals surface area contributed by atoms with Crippen molar-refractivity contribution in [2.24, 2.45) is 5.73 Å². The van der Waals surface area contributed by atoms with Gasteiger partial charge in [-0.1, -0.05) is 0 Å². The van der Waals surface area contributed by atoms with Crippen LogP contribution in [-0.2, 0) is 9.53 Å². The van der Waals surface area contributed by atoms with Crippen LogP contribution in [0.25, 0.3) is 0 Å². The summed E-state index contributed by atoms with van der Waals surface area (Å²) >= 11 is 0. The van der Waals surface area contributed by atoms with Crippen molar-refractivity contribution in [2.75, 3.05) is 12.4 Å². The van der Waals surface area contributed by atoms with Crippen LogP contribution in [0.15, 0.2) is 18.2 Å². The van der Waals surface area contributed by atoms with Gasteiger partial charge < -0.3 is 15.8 Å². The molecular weight excluding hydrogens is 256 g/mol. The Morgan fingerprint density at radius 3 is 2.65 bits per heavy atom. The smallest absolute Gasteiger partial charge is 0.337 e. The lowest BCUT2D eigenvalue weighted by molar-refractivity contribution is -0.116. The lowest BCUT2D eigenvalue weighted by Gasteiger charge is -2.10. The number of ether oxygens (including phenoxy) is 1. The summed E-state index contributed by atoms with van der Waals surface area (Å²) in [6.45, 7) is 3.76. The van der Waals surface area contributed by atoms with Crippen molar-refractivity contribution in [1.82, 2.24) is 0 Å². The molecule has 1 aromatic carbocycles. The molecule has 0 aliphatic carbocycles. The number of rotatable bonds is 6. The third-order valence-corrected chi connectivity index (χ3v) is 2.98. The van der Waals surface area contributed by atoms with E-state index >= 15 is 0 Å². The van der Waals surface area contributed by atoms with Crippen molar-refractivity contribution in [3.8, 4) is 0 Å². The van der Waals surface area contributed by atoms with Crippen LogP contribution in [0, 0.1) is 6.92 Å². The van der Waals surface area contributed by atoms with Gasteiger partial charge in [-0.05, 0) is 50.5 Å². The molecule has 3 N–H and O–H groups in total. The van der Waals surface area contributed by atoms with Gasteiger partial charge in [-0.15, -0.1) is 0 Å². The van der Waals surface area contributed by atoms with E-state index in [0.717, 1.165) is 18.4 Å². The highest BCUT2D eigenvalue weighted by Gasteiger charge is 2.09. The maximum Gasteiger partial charge on any atom is 0.337 e. The van der Waals surface area contributed by atoms with Gasteiger partial charge in [0, 0.05) is 18.2 Å². The number of nitrogens with one attached hydrogen (secondary N) is 1. The van der Waals surface area contributed by atoms with E-state index in [1.807, 2.05) is 13.8 Å². The lowest BCUT2D eigenvalue weighted by atomic mass is 10.1. The molecule has 1 amide bonds. The van der Waals surface area contributed by atoms with E-state index in [0.29, 0.717) is 17.7 Å². The number of methoxy groups -OCH3 is 1. The first-order valence-electron chi connectivity index (χ1n) is 6.68. The largest absolute Gasteiger partial charge is 0.465 e. The van der Waals surface area contributed by atoms with Crippen LogP contribution >= 0.6 is 0 Å². The summed E-state index contributed by atoms with van der Waals surface area (Å²) in [5, 5.41) is 2.84. The van der Waals surface area contributed by atoms with Gasteiger partial charge in [0.15, 0.2) is 0 Å². The highest BCUT2D eigenvalue weighted by atomic mass is 16.5. The Kier molecular flexibility index (Phi) is 6.18. The highest BCUT2D eigenvalue weighted by molar-refractivity contribution is 5.94. The van der Waals surface area contributed by atoms with Gasteiger partial charge >= 0.3 is 5.97 Å². The summed E-state index contributed by atoms with van der Waals surface area (Å²) in [7, 11) is 1.34. The standard InChI is InChI=1S/C15H22N2O3/c1-10-9-12(15(19)20-3)7-8-13(10)17-14(18)6-4-5-11(2)16/h7-9,11H,4-6,16H2,1-3H3,(H,17,18). The molecule has 1 rings (SSSR count). The molecule has 0 heterocycles. The molecule has 0 bridgehead atoms. The third-order valence-electron chi connectivity index (χ3n) is 2.98. The maximum absolute atomic E-state index is 11.8. The van der Waals surface area contributed by atoms with Crippen LogP contribution in [0.3, 0.4) is 0 Å². The van der Waals surface area contributed by atoms with E-state index in [-0.39, 0.29) is 17.9 Å². The zero-order valence-electron chi connectivity index (χ0n) is 12.2. The number of carbonyl (C=O) groups is 2. The summed E-state index contributed by atoms with van der Waals surface area (Å²) in [6.07, 6.45) is 2.04. The van der Waals surface area contributed by atoms with Crippen molar-refractivity contribution in [3.05, 3.63) is 29.3 Å². The summed E-state index contributed by atoms with van der Waals surface area (Å²) in [4.78, 5) is 23.2. The molecule has 0 aliphatic rings. The molecule has 110 valence electrons. The molecular formula is C15H22N2O3. The van der Waals surface area contributed by atoms with Crippen LogP contribution in [-0.4, -0.2) is 25.0 Å². The Hall–Kier alpha value is -1.88. The predicted molar refractivity (Wildman–Crippen MR) is 78.6 cm³/mol. The number of amides is 1. The topological polar surface area (TPSA) is 81.4 Å². The van der Waals surface area contributed by atoms with Crippen molar-refractivity contribution in [3.63, 3.8) is 0 Å². The van der Waals surface area contributed by atoms with Crippen LogP contribution in [0.4, 0.5) is 5.69 Å². The number of nitrogens with two attached hydrogens (primary N) is 1. The maximum atomic E-state index is 11.8. The minimum Gasteiger partial charge on any atom is -0.465 e. The van der Waals surface area contributed by atoms with Crippen LogP contribution in [0.2, 0.25) is 0 Å². The van der Waals surface area contributed by atoms with Crippen LogP contribution in [0.5, 0.6) is 0 Å². The number of benzene rings is 1. The molecule has 20 heavy (non-hydrogen) atoms. The number of hydrogen-bond donors (Lipinski definition) is 2. The number of carbonyl (C=O) groups excluding carboxylic acids is 2. The highest BCUT2D eigenvalue weighted by Crippen LogP contribution is 2.17. The number of esters is 1. The van der Waals surface area contributed by atoms with Gasteiger partial charge in [0.25, 0.3) is 0 Å². The zero-order valence-corrected chi connectivity index (χ0v) is 12.2. The molecule has 5 heteroatoms. The predicted octanol–water partition coefficient (Wildman–Crippen LogP) is 2.24. The quantitative estimate of drug-likeness (QED) is 0.782. The van der Waals surface area contributed by atoms with Crippen molar-refractivity contribution in [2.45, 2.75) is 39.2 Å². The van der Waals surface area contributed by atoms with E-state index in [1.165, 1.54) is 7.11 Å². The second-order valence-electron chi connectivity index (χ2n) is 4.94. The average molecular weight is 278 g/mol. The molecule has 1 aromatic rings. The molecule has 0 fully saturated rings. The Labute approximate surface area is 119 Å². The lowest BCUT2D eigenvalue weighted by Crippen LogP contribution is -2.17. The van der Waals surface area contributed by atoms with E-state index in [2.05, 4.69) is 10.1 Å². The first kappa shape index (κ1) is 16.2. The van der Waals surface area contributed by atoms with Gasteiger partial charge in [-0.2, -0.15) is 0 Å². The fourth-order valence-corrected chi connectivity index (χ4v) is 1.85. The second-order valence-corrected chi connectivity index (χ2v) is 4.94. The summed E-state index contributed by atoms with van der Waals surface area (Å²) < 4.78 is 4.65. The van der Waals surface area contributed by atoms with E-state index in [1.54, 1.807) is 18.2 Å². The minimum atomic E-state index is -0.386. The molecule has 1 atom stereocenters. The van der Waals surface area contributed by atoms with Crippen molar-refractivity contribution < 1.29 is 14.3 Å². The first-order chi connectivity index (χ1) is 9.43. The van der Waals surface area contributed by atoms with Gasteiger partial charge in [-0.3, -0.25) is 4.79 Å². The molecule has 1 unspecified atom stereocenters. The Morgan fingerprint density at radius 2 is 2.10 bits per heavy atom. The third kappa shape index (κ3) is 5.01. The average Bonchev–Trinajstić information content (AvgIpc) is 2.39.